The molecule has 2 aromatic carbocycles. The summed E-state index contributed by atoms with van der Waals surface area (Å²) in [6.45, 7) is 4.91. The molecule has 42 heavy (non-hydrogen) atoms. The monoisotopic (exact) mass is 613 g/mol. The molecule has 1 N–H and O–H groups in total. The van der Waals surface area contributed by atoms with Gasteiger partial charge in [0.15, 0.2) is 11.5 Å². The van der Waals surface area contributed by atoms with Gasteiger partial charge in [-0.05, 0) is 37.9 Å². The lowest BCUT2D eigenvalue weighted by molar-refractivity contribution is 0.127. The fourth-order valence-electron chi connectivity index (χ4n) is 5.85. The summed E-state index contributed by atoms with van der Waals surface area (Å²) in [7, 11) is 4.53. The van der Waals surface area contributed by atoms with Crippen LogP contribution in [0.3, 0.4) is 0 Å². The standard InChI is InChI=1S/C30H33Cl2N5O5/c1-39-25-14-24(21(31)12-22(25)32)35-28-19(15-33)16-34-23-13-27(26(40-2)11-20(23)28)42-10-4-7-36-8-5-30(17-36)6-9-37(18-30)29(38)41-3/h11-14,16H,4-10,17-18H2,1-3H3,(H,34,35). The van der Waals surface area contributed by atoms with Crippen LogP contribution in [0.4, 0.5) is 16.2 Å². The molecule has 0 radical (unpaired) electrons. The average molecular weight is 615 g/mol. The van der Waals surface area contributed by atoms with Crippen LogP contribution in [0, 0.1) is 16.7 Å². The maximum Gasteiger partial charge on any atom is 0.409 e. The average Bonchev–Trinajstić information content (AvgIpc) is 3.61. The summed E-state index contributed by atoms with van der Waals surface area (Å²) in [6.07, 6.45) is 4.20. The van der Waals surface area contributed by atoms with E-state index in [1.807, 2.05) is 11.0 Å². The van der Waals surface area contributed by atoms with Crippen molar-refractivity contribution in [2.24, 2.45) is 5.41 Å². The van der Waals surface area contributed by atoms with E-state index in [4.69, 9.17) is 42.1 Å². The number of hydrogen-bond acceptors (Lipinski definition) is 9. The summed E-state index contributed by atoms with van der Waals surface area (Å²) in [5, 5.41) is 14.5. The number of anilines is 2. The molecule has 1 unspecified atom stereocenters. The van der Waals surface area contributed by atoms with Gasteiger partial charge in [0.2, 0.25) is 0 Å². The fraction of sp³-hybridized carbons (Fsp3) is 0.433. The van der Waals surface area contributed by atoms with E-state index in [9.17, 15) is 10.1 Å². The maximum atomic E-state index is 11.9. The largest absolute Gasteiger partial charge is 0.495 e. The quantitative estimate of drug-likeness (QED) is 0.286. The minimum atomic E-state index is -0.238. The Labute approximate surface area is 255 Å². The van der Waals surface area contributed by atoms with E-state index >= 15 is 0 Å². The van der Waals surface area contributed by atoms with Crippen LogP contribution in [0.15, 0.2) is 30.5 Å². The molecule has 0 saturated carbocycles. The number of carbonyl (C=O) groups is 1. The highest BCUT2D eigenvalue weighted by Crippen LogP contribution is 2.41. The van der Waals surface area contributed by atoms with Crippen molar-refractivity contribution in [3.05, 3.63) is 46.1 Å². The number of nitriles is 1. The van der Waals surface area contributed by atoms with Crippen LogP contribution in [0.25, 0.3) is 10.9 Å². The van der Waals surface area contributed by atoms with Crippen LogP contribution in [-0.2, 0) is 4.74 Å². The first-order chi connectivity index (χ1) is 20.3. The molecule has 0 aliphatic carbocycles. The Kier molecular flexibility index (Phi) is 9.02. The molecule has 222 valence electrons. The number of rotatable bonds is 9. The number of fused-ring (bicyclic) bond motifs is 1. The second-order valence-electron chi connectivity index (χ2n) is 10.6. The number of pyridine rings is 1. The van der Waals surface area contributed by atoms with Crippen LogP contribution >= 0.6 is 23.2 Å². The number of carbonyl (C=O) groups excluding carboxylic acids is 1. The molecule has 5 rings (SSSR count). The van der Waals surface area contributed by atoms with Crippen molar-refractivity contribution >= 4 is 51.6 Å². The number of ether oxygens (including phenoxy) is 4. The zero-order valence-electron chi connectivity index (χ0n) is 23.8. The summed E-state index contributed by atoms with van der Waals surface area (Å²) in [5.74, 6) is 1.54. The van der Waals surface area contributed by atoms with Crippen molar-refractivity contribution in [2.45, 2.75) is 19.3 Å². The lowest BCUT2D eigenvalue weighted by Gasteiger charge is -2.24. The summed E-state index contributed by atoms with van der Waals surface area (Å²) in [6, 6.07) is 9.07. The Bertz CT molecular complexity index is 1530. The third kappa shape index (κ3) is 6.09. The van der Waals surface area contributed by atoms with Gasteiger partial charge in [-0.15, -0.1) is 0 Å². The lowest BCUT2D eigenvalue weighted by Crippen LogP contribution is -2.34. The summed E-state index contributed by atoms with van der Waals surface area (Å²) in [5.41, 5.74) is 2.18. The predicted molar refractivity (Wildman–Crippen MR) is 162 cm³/mol. The van der Waals surface area contributed by atoms with E-state index in [-0.39, 0.29) is 11.5 Å². The zero-order valence-corrected chi connectivity index (χ0v) is 25.3. The molecule has 2 fully saturated rings. The highest BCUT2D eigenvalue weighted by Gasteiger charge is 2.44. The molecule has 10 nitrogen and oxygen atoms in total. The number of amides is 1. The lowest BCUT2D eigenvalue weighted by atomic mass is 9.86. The van der Waals surface area contributed by atoms with E-state index in [2.05, 4.69) is 21.3 Å². The van der Waals surface area contributed by atoms with Crippen molar-refractivity contribution in [2.75, 3.05) is 66.0 Å². The number of hydrogen-bond donors (Lipinski definition) is 1. The Balaban J connectivity index is 1.27. The fourth-order valence-corrected chi connectivity index (χ4v) is 6.36. The zero-order chi connectivity index (χ0) is 29.9. The van der Waals surface area contributed by atoms with Gasteiger partial charge in [-0.2, -0.15) is 5.26 Å². The van der Waals surface area contributed by atoms with E-state index in [0.717, 1.165) is 52.0 Å². The van der Waals surface area contributed by atoms with Crippen LogP contribution in [-0.4, -0.2) is 81.5 Å². The van der Waals surface area contributed by atoms with E-state index in [1.165, 1.54) is 20.4 Å². The van der Waals surface area contributed by atoms with E-state index < -0.39 is 0 Å². The Hall–Kier alpha value is -3.65. The highest BCUT2D eigenvalue weighted by molar-refractivity contribution is 6.37. The van der Waals surface area contributed by atoms with Crippen molar-refractivity contribution < 1.29 is 23.7 Å². The van der Waals surface area contributed by atoms with Gasteiger partial charge in [-0.25, -0.2) is 4.79 Å². The van der Waals surface area contributed by atoms with Crippen molar-refractivity contribution in [3.63, 3.8) is 0 Å². The molecule has 1 amide bonds. The molecule has 12 heteroatoms. The summed E-state index contributed by atoms with van der Waals surface area (Å²) < 4.78 is 22.0. The first kappa shape index (κ1) is 29.8. The van der Waals surface area contributed by atoms with Gasteiger partial charge in [0.25, 0.3) is 0 Å². The van der Waals surface area contributed by atoms with Gasteiger partial charge in [0, 0.05) is 55.3 Å². The van der Waals surface area contributed by atoms with Gasteiger partial charge in [-0.3, -0.25) is 4.98 Å². The molecule has 3 heterocycles. The molecule has 0 bridgehead atoms. The molecule has 2 saturated heterocycles. The predicted octanol–water partition coefficient (Wildman–Crippen LogP) is 6.11. The van der Waals surface area contributed by atoms with Crippen molar-refractivity contribution in [1.82, 2.24) is 14.8 Å². The molecule has 2 aliphatic rings. The number of nitrogens with zero attached hydrogens (tertiary/aromatic N) is 4. The Morgan fingerprint density at radius 3 is 2.57 bits per heavy atom. The normalized spacial score (nSPS) is 18.3. The molecule has 1 aromatic heterocycles. The Morgan fingerprint density at radius 2 is 1.83 bits per heavy atom. The van der Waals surface area contributed by atoms with Gasteiger partial charge in [0.1, 0.15) is 11.8 Å². The van der Waals surface area contributed by atoms with Crippen LogP contribution < -0.4 is 19.5 Å². The summed E-state index contributed by atoms with van der Waals surface area (Å²) >= 11 is 12.7. The first-order valence-electron chi connectivity index (χ1n) is 13.7. The van der Waals surface area contributed by atoms with Crippen LogP contribution in [0.1, 0.15) is 24.8 Å². The highest BCUT2D eigenvalue weighted by atomic mass is 35.5. The smallest absolute Gasteiger partial charge is 0.409 e. The van der Waals surface area contributed by atoms with Gasteiger partial charge in [-0.1, -0.05) is 23.2 Å². The number of halogens is 2. The van der Waals surface area contributed by atoms with Gasteiger partial charge in [0.05, 0.1) is 60.4 Å². The molecular weight excluding hydrogens is 581 g/mol. The van der Waals surface area contributed by atoms with Gasteiger partial charge < -0.3 is 34.1 Å². The molecule has 1 spiro atoms. The minimum absolute atomic E-state index is 0.164. The molecule has 1 atom stereocenters. The second-order valence-corrected chi connectivity index (χ2v) is 11.5. The first-order valence-corrected chi connectivity index (χ1v) is 14.4. The Morgan fingerprint density at radius 1 is 1.05 bits per heavy atom. The minimum Gasteiger partial charge on any atom is -0.495 e. The number of likely N-dealkylation sites (tertiary alicyclic amines) is 2. The topological polar surface area (TPSA) is 109 Å². The number of methoxy groups -OCH3 is 3. The summed E-state index contributed by atoms with van der Waals surface area (Å²) in [4.78, 5) is 20.7. The second kappa shape index (κ2) is 12.7. The molecule has 2 aliphatic heterocycles. The maximum absolute atomic E-state index is 11.9. The van der Waals surface area contributed by atoms with Crippen LogP contribution in [0.5, 0.6) is 17.2 Å². The van der Waals surface area contributed by atoms with E-state index in [0.29, 0.717) is 61.7 Å². The van der Waals surface area contributed by atoms with Crippen molar-refractivity contribution in [1.29, 1.82) is 5.26 Å². The van der Waals surface area contributed by atoms with Crippen molar-refractivity contribution in [3.8, 4) is 23.3 Å². The third-order valence-electron chi connectivity index (χ3n) is 8.04. The van der Waals surface area contributed by atoms with Gasteiger partial charge >= 0.3 is 6.09 Å². The third-order valence-corrected chi connectivity index (χ3v) is 8.65. The van der Waals surface area contributed by atoms with Crippen LogP contribution in [0.2, 0.25) is 10.0 Å². The van der Waals surface area contributed by atoms with E-state index in [1.54, 1.807) is 25.3 Å². The molecular formula is C30H33Cl2N5O5. The molecule has 3 aromatic rings. The number of aromatic nitrogens is 1. The number of nitrogens with one attached hydrogen (secondary N) is 1. The number of benzene rings is 2. The SMILES string of the molecule is COC(=O)N1CCC2(CCN(CCCOc3cc4ncc(C#N)c(Nc5cc(OC)c(Cl)cc5Cl)c4cc3OC)C2)C1.